The predicted octanol–water partition coefficient (Wildman–Crippen LogP) is 3.06. The molecule has 0 aliphatic carbocycles. The highest BCUT2D eigenvalue weighted by atomic mass is 19.4. The molecule has 0 saturated heterocycles. The van der Waals surface area contributed by atoms with Gasteiger partial charge in [0.05, 0.1) is 12.7 Å². The van der Waals surface area contributed by atoms with Gasteiger partial charge in [-0.1, -0.05) is 13.3 Å². The number of hydrogen-bond acceptors (Lipinski definition) is 2. The van der Waals surface area contributed by atoms with Gasteiger partial charge in [0.25, 0.3) is 0 Å². The van der Waals surface area contributed by atoms with Crippen molar-refractivity contribution in [2.45, 2.75) is 25.9 Å². The molecule has 0 N–H and O–H groups in total. The summed E-state index contributed by atoms with van der Waals surface area (Å²) in [5.41, 5.74) is -0.235. The predicted molar refractivity (Wildman–Crippen MR) is 49.8 cm³/mol. The Morgan fingerprint density at radius 1 is 1.40 bits per heavy atom. The van der Waals surface area contributed by atoms with Gasteiger partial charge in [0.15, 0.2) is 0 Å². The van der Waals surface area contributed by atoms with Gasteiger partial charge in [0.2, 0.25) is 5.88 Å². The van der Waals surface area contributed by atoms with Gasteiger partial charge in [0, 0.05) is 11.8 Å². The highest BCUT2D eigenvalue weighted by Crippen LogP contribution is 2.31. The van der Waals surface area contributed by atoms with E-state index in [2.05, 4.69) is 4.98 Å². The Morgan fingerprint density at radius 3 is 2.53 bits per heavy atom. The summed E-state index contributed by atoms with van der Waals surface area (Å²) in [7, 11) is 1.40. The Kier molecular flexibility index (Phi) is 3.55. The summed E-state index contributed by atoms with van der Waals surface area (Å²) in [6.45, 7) is 1.89. The standard InChI is InChI=1S/C10H12F3NO/c1-3-4-7-5-8(10(11,12)13)6-14-9(7)15-2/h5-6H,3-4H2,1-2H3. The summed E-state index contributed by atoms with van der Waals surface area (Å²) >= 11 is 0. The fourth-order valence-corrected chi connectivity index (χ4v) is 1.29. The van der Waals surface area contributed by atoms with Crippen LogP contribution in [-0.2, 0) is 12.6 Å². The maximum Gasteiger partial charge on any atom is 0.417 e. The molecule has 15 heavy (non-hydrogen) atoms. The zero-order chi connectivity index (χ0) is 11.5. The first-order valence-corrected chi connectivity index (χ1v) is 4.59. The summed E-state index contributed by atoms with van der Waals surface area (Å²) in [6.07, 6.45) is -2.28. The third-order valence-corrected chi connectivity index (χ3v) is 1.97. The van der Waals surface area contributed by atoms with Crippen molar-refractivity contribution >= 4 is 0 Å². The molecule has 1 rings (SSSR count). The second-order valence-corrected chi connectivity index (χ2v) is 3.14. The maximum atomic E-state index is 12.4. The van der Waals surface area contributed by atoms with Crippen LogP contribution in [0.15, 0.2) is 12.3 Å². The molecule has 1 aromatic rings. The van der Waals surface area contributed by atoms with E-state index in [1.165, 1.54) is 7.11 Å². The molecule has 0 saturated carbocycles. The Morgan fingerprint density at radius 2 is 2.07 bits per heavy atom. The normalized spacial score (nSPS) is 11.5. The van der Waals surface area contributed by atoms with Gasteiger partial charge in [-0.05, 0) is 12.5 Å². The Hall–Kier alpha value is -1.26. The Labute approximate surface area is 86.1 Å². The largest absolute Gasteiger partial charge is 0.481 e. The van der Waals surface area contributed by atoms with Gasteiger partial charge in [-0.25, -0.2) is 4.98 Å². The van der Waals surface area contributed by atoms with Gasteiger partial charge in [-0.3, -0.25) is 0 Å². The minimum Gasteiger partial charge on any atom is -0.481 e. The fraction of sp³-hybridized carbons (Fsp3) is 0.500. The minimum absolute atomic E-state index is 0.268. The van der Waals surface area contributed by atoms with E-state index in [4.69, 9.17) is 4.74 Å². The summed E-state index contributed by atoms with van der Waals surface area (Å²) in [4.78, 5) is 3.64. The van der Waals surface area contributed by atoms with Crippen LogP contribution in [0.25, 0.3) is 0 Å². The van der Waals surface area contributed by atoms with Gasteiger partial charge >= 0.3 is 6.18 Å². The van der Waals surface area contributed by atoms with Crippen molar-refractivity contribution in [3.05, 3.63) is 23.4 Å². The van der Waals surface area contributed by atoms with Crippen LogP contribution in [-0.4, -0.2) is 12.1 Å². The molecule has 2 nitrogen and oxygen atoms in total. The SMILES string of the molecule is CCCc1cc(C(F)(F)F)cnc1OC. The van der Waals surface area contributed by atoms with Crippen LogP contribution in [0.5, 0.6) is 5.88 Å². The molecular weight excluding hydrogens is 207 g/mol. The second kappa shape index (κ2) is 4.51. The summed E-state index contributed by atoms with van der Waals surface area (Å²) in [6, 6.07) is 1.09. The molecule has 0 unspecified atom stereocenters. The molecule has 1 aromatic heterocycles. The molecule has 1 heterocycles. The van der Waals surface area contributed by atoms with Crippen LogP contribution in [0.1, 0.15) is 24.5 Å². The smallest absolute Gasteiger partial charge is 0.417 e. The number of halogens is 3. The topological polar surface area (TPSA) is 22.1 Å². The molecule has 0 atom stereocenters. The number of aromatic nitrogens is 1. The summed E-state index contributed by atoms with van der Waals surface area (Å²) in [5, 5.41) is 0. The van der Waals surface area contributed by atoms with E-state index in [1.807, 2.05) is 6.92 Å². The number of aryl methyl sites for hydroxylation is 1. The summed E-state index contributed by atoms with van der Waals surface area (Å²) < 4.78 is 42.0. The van der Waals surface area contributed by atoms with Crippen LogP contribution < -0.4 is 4.74 Å². The number of pyridine rings is 1. The lowest BCUT2D eigenvalue weighted by Crippen LogP contribution is -2.07. The molecule has 0 bridgehead atoms. The molecule has 0 fully saturated rings. The maximum absolute atomic E-state index is 12.4. The number of methoxy groups -OCH3 is 1. The van der Waals surface area contributed by atoms with E-state index < -0.39 is 11.7 Å². The Bertz CT molecular complexity index is 336. The Balaban J connectivity index is 3.10. The monoisotopic (exact) mass is 219 g/mol. The van der Waals surface area contributed by atoms with E-state index >= 15 is 0 Å². The van der Waals surface area contributed by atoms with Crippen molar-refractivity contribution in [2.75, 3.05) is 7.11 Å². The van der Waals surface area contributed by atoms with Gasteiger partial charge in [-0.15, -0.1) is 0 Å². The lowest BCUT2D eigenvalue weighted by atomic mass is 10.1. The molecule has 0 aromatic carbocycles. The van der Waals surface area contributed by atoms with E-state index in [9.17, 15) is 13.2 Å². The average Bonchev–Trinajstić information content (AvgIpc) is 2.17. The van der Waals surface area contributed by atoms with E-state index in [1.54, 1.807) is 0 Å². The quantitative estimate of drug-likeness (QED) is 0.779. The van der Waals surface area contributed by atoms with Crippen LogP contribution >= 0.6 is 0 Å². The average molecular weight is 219 g/mol. The number of hydrogen-bond donors (Lipinski definition) is 0. The van der Waals surface area contributed by atoms with Crippen molar-refractivity contribution in [1.29, 1.82) is 0 Å². The molecule has 5 heteroatoms. The van der Waals surface area contributed by atoms with E-state index in [0.717, 1.165) is 18.7 Å². The fourth-order valence-electron chi connectivity index (χ4n) is 1.29. The van der Waals surface area contributed by atoms with E-state index in [-0.39, 0.29) is 5.88 Å². The number of nitrogens with zero attached hydrogens (tertiary/aromatic N) is 1. The van der Waals surface area contributed by atoms with Crippen molar-refractivity contribution in [1.82, 2.24) is 4.98 Å². The van der Waals surface area contributed by atoms with Crippen LogP contribution in [0.2, 0.25) is 0 Å². The third-order valence-electron chi connectivity index (χ3n) is 1.97. The zero-order valence-electron chi connectivity index (χ0n) is 8.56. The van der Waals surface area contributed by atoms with Gasteiger partial charge in [-0.2, -0.15) is 13.2 Å². The lowest BCUT2D eigenvalue weighted by molar-refractivity contribution is -0.137. The van der Waals surface area contributed by atoms with Crippen molar-refractivity contribution in [3.8, 4) is 5.88 Å². The summed E-state index contributed by atoms with van der Waals surface area (Å²) in [5.74, 6) is 0.268. The van der Waals surface area contributed by atoms with E-state index in [0.29, 0.717) is 12.0 Å². The van der Waals surface area contributed by atoms with Crippen LogP contribution in [0, 0.1) is 0 Å². The molecule has 0 spiro atoms. The van der Waals surface area contributed by atoms with Gasteiger partial charge in [0.1, 0.15) is 0 Å². The van der Waals surface area contributed by atoms with Crippen molar-refractivity contribution in [3.63, 3.8) is 0 Å². The lowest BCUT2D eigenvalue weighted by Gasteiger charge is -2.10. The van der Waals surface area contributed by atoms with Crippen molar-refractivity contribution < 1.29 is 17.9 Å². The first-order valence-electron chi connectivity index (χ1n) is 4.59. The highest BCUT2D eigenvalue weighted by Gasteiger charge is 2.31. The van der Waals surface area contributed by atoms with Crippen LogP contribution in [0.4, 0.5) is 13.2 Å². The first-order chi connectivity index (χ1) is 6.99. The zero-order valence-corrected chi connectivity index (χ0v) is 8.56. The number of alkyl halides is 3. The molecule has 84 valence electrons. The second-order valence-electron chi connectivity index (χ2n) is 3.14. The number of rotatable bonds is 3. The third kappa shape index (κ3) is 2.84. The van der Waals surface area contributed by atoms with Gasteiger partial charge < -0.3 is 4.74 Å². The molecule has 0 aliphatic heterocycles. The molecule has 0 aliphatic rings. The highest BCUT2D eigenvalue weighted by molar-refractivity contribution is 5.31. The van der Waals surface area contributed by atoms with Crippen molar-refractivity contribution in [2.24, 2.45) is 0 Å². The first kappa shape index (κ1) is 11.8. The van der Waals surface area contributed by atoms with Crippen LogP contribution in [0.3, 0.4) is 0 Å². The number of ether oxygens (including phenoxy) is 1. The molecular formula is C10H12F3NO. The molecule has 0 radical (unpaired) electrons. The molecule has 0 amide bonds. The minimum atomic E-state index is -4.35.